The van der Waals surface area contributed by atoms with E-state index in [1.54, 1.807) is 47.5 Å². The Balaban J connectivity index is 1.71. The Bertz CT molecular complexity index is 727. The first-order valence-corrected chi connectivity index (χ1v) is 8.70. The van der Waals surface area contributed by atoms with Crippen molar-refractivity contribution in [2.45, 2.75) is 25.7 Å². The Morgan fingerprint density at radius 2 is 1.92 bits per heavy atom. The summed E-state index contributed by atoms with van der Waals surface area (Å²) in [6.07, 6.45) is 4.55. The lowest BCUT2D eigenvalue weighted by molar-refractivity contribution is -0.139. The molecule has 0 atom stereocenters. The van der Waals surface area contributed by atoms with Crippen LogP contribution in [0.4, 0.5) is 5.69 Å². The Morgan fingerprint density at radius 3 is 2.58 bits per heavy atom. The average Bonchev–Trinajstić information content (AvgIpc) is 3.03. The van der Waals surface area contributed by atoms with Crippen molar-refractivity contribution >= 4 is 28.9 Å². The summed E-state index contributed by atoms with van der Waals surface area (Å²) in [5.74, 6) is -0.574. The highest BCUT2D eigenvalue weighted by molar-refractivity contribution is 7.14. The maximum absolute atomic E-state index is 12.7. The van der Waals surface area contributed by atoms with Crippen LogP contribution in [-0.2, 0) is 17.6 Å². The molecule has 0 saturated carbocycles. The standard InChI is InChI=1S/C18H19NO4S/c1-19(13-6-8-14(9-7-13)23-11-17(20)21)18(22)16-10-12-4-2-3-5-15(12)24-16/h6-10H,2-5,11H2,1H3,(H,20,21). The van der Waals surface area contributed by atoms with Crippen LogP contribution < -0.4 is 9.64 Å². The summed E-state index contributed by atoms with van der Waals surface area (Å²) >= 11 is 1.60. The van der Waals surface area contributed by atoms with E-state index >= 15 is 0 Å². The molecule has 1 N–H and O–H groups in total. The van der Waals surface area contributed by atoms with Gasteiger partial charge in [-0.1, -0.05) is 0 Å². The van der Waals surface area contributed by atoms with Crippen molar-refractivity contribution in [2.24, 2.45) is 0 Å². The lowest BCUT2D eigenvalue weighted by Crippen LogP contribution is -2.25. The second-order valence-electron chi connectivity index (χ2n) is 5.81. The second-order valence-corrected chi connectivity index (χ2v) is 6.94. The normalized spacial score (nSPS) is 13.2. The number of carbonyl (C=O) groups excluding carboxylic acids is 1. The van der Waals surface area contributed by atoms with Crippen LogP contribution in [0.3, 0.4) is 0 Å². The number of hydrogen-bond donors (Lipinski definition) is 1. The van der Waals surface area contributed by atoms with Gasteiger partial charge in [-0.05, 0) is 61.6 Å². The van der Waals surface area contributed by atoms with Gasteiger partial charge in [0.1, 0.15) is 5.75 Å². The molecule has 5 nitrogen and oxygen atoms in total. The monoisotopic (exact) mass is 345 g/mol. The van der Waals surface area contributed by atoms with E-state index in [0.717, 1.165) is 23.4 Å². The van der Waals surface area contributed by atoms with Gasteiger partial charge in [-0.3, -0.25) is 4.79 Å². The number of rotatable bonds is 5. The third kappa shape index (κ3) is 3.59. The minimum absolute atomic E-state index is 0.0198. The highest BCUT2D eigenvalue weighted by Crippen LogP contribution is 2.31. The molecule has 1 aliphatic rings. The second kappa shape index (κ2) is 7.05. The van der Waals surface area contributed by atoms with Crippen LogP contribution in [0.25, 0.3) is 0 Å². The molecule has 0 radical (unpaired) electrons. The highest BCUT2D eigenvalue weighted by Gasteiger charge is 2.20. The molecule has 1 aromatic carbocycles. The first-order valence-electron chi connectivity index (χ1n) is 7.89. The number of benzene rings is 1. The highest BCUT2D eigenvalue weighted by atomic mass is 32.1. The van der Waals surface area contributed by atoms with Crippen LogP contribution in [0.5, 0.6) is 5.75 Å². The molecule has 24 heavy (non-hydrogen) atoms. The van der Waals surface area contributed by atoms with E-state index in [-0.39, 0.29) is 12.5 Å². The molecule has 126 valence electrons. The number of ether oxygens (including phenoxy) is 1. The van der Waals surface area contributed by atoms with Crippen molar-refractivity contribution < 1.29 is 19.4 Å². The summed E-state index contributed by atoms with van der Waals surface area (Å²) in [4.78, 5) is 26.9. The van der Waals surface area contributed by atoms with Gasteiger partial charge in [-0.15, -0.1) is 11.3 Å². The molecule has 0 fully saturated rings. The molecule has 0 aliphatic heterocycles. The van der Waals surface area contributed by atoms with Crippen LogP contribution >= 0.6 is 11.3 Å². The maximum Gasteiger partial charge on any atom is 0.341 e. The number of carboxylic acid groups (broad SMARTS) is 1. The Hall–Kier alpha value is -2.34. The van der Waals surface area contributed by atoms with Crippen molar-refractivity contribution in [1.82, 2.24) is 0 Å². The number of amides is 1. The molecule has 0 saturated heterocycles. The summed E-state index contributed by atoms with van der Waals surface area (Å²) < 4.78 is 5.10. The van der Waals surface area contributed by atoms with Crippen LogP contribution in [0, 0.1) is 0 Å². The van der Waals surface area contributed by atoms with Crippen molar-refractivity contribution in [3.05, 3.63) is 45.6 Å². The fourth-order valence-electron chi connectivity index (χ4n) is 2.79. The Kier molecular flexibility index (Phi) is 4.85. The fraction of sp³-hybridized carbons (Fsp3) is 0.333. The van der Waals surface area contributed by atoms with E-state index < -0.39 is 5.97 Å². The molecular formula is C18H19NO4S. The van der Waals surface area contributed by atoms with Gasteiger partial charge in [0, 0.05) is 17.6 Å². The Labute approximate surface area is 144 Å². The van der Waals surface area contributed by atoms with Gasteiger partial charge in [0.15, 0.2) is 6.61 Å². The van der Waals surface area contributed by atoms with E-state index in [9.17, 15) is 9.59 Å². The molecule has 2 aromatic rings. The van der Waals surface area contributed by atoms with Crippen LogP contribution in [0.15, 0.2) is 30.3 Å². The van der Waals surface area contributed by atoms with E-state index in [1.807, 2.05) is 6.07 Å². The fourth-order valence-corrected chi connectivity index (χ4v) is 4.02. The smallest absolute Gasteiger partial charge is 0.341 e. The van der Waals surface area contributed by atoms with Crippen molar-refractivity contribution in [3.8, 4) is 5.75 Å². The zero-order chi connectivity index (χ0) is 17.1. The third-order valence-electron chi connectivity index (χ3n) is 4.10. The molecule has 6 heteroatoms. The number of aliphatic carboxylic acids is 1. The first-order chi connectivity index (χ1) is 11.5. The molecule has 3 rings (SSSR count). The molecule has 1 heterocycles. The van der Waals surface area contributed by atoms with Crippen molar-refractivity contribution in [2.75, 3.05) is 18.6 Å². The van der Waals surface area contributed by atoms with Crippen LogP contribution in [0.1, 0.15) is 33.0 Å². The molecule has 0 unspecified atom stereocenters. The number of carbonyl (C=O) groups is 2. The van der Waals surface area contributed by atoms with Gasteiger partial charge in [0.25, 0.3) is 5.91 Å². The van der Waals surface area contributed by atoms with Crippen LogP contribution in [0.2, 0.25) is 0 Å². The molecule has 1 aliphatic carbocycles. The van der Waals surface area contributed by atoms with Gasteiger partial charge >= 0.3 is 5.97 Å². The first kappa shape index (κ1) is 16.5. The van der Waals surface area contributed by atoms with Crippen molar-refractivity contribution in [3.63, 3.8) is 0 Å². The summed E-state index contributed by atoms with van der Waals surface area (Å²) in [6, 6.07) is 8.87. The van der Waals surface area contributed by atoms with Gasteiger partial charge < -0.3 is 14.7 Å². The summed E-state index contributed by atoms with van der Waals surface area (Å²) in [5, 5.41) is 8.61. The number of thiophene rings is 1. The number of fused-ring (bicyclic) bond motifs is 1. The van der Waals surface area contributed by atoms with Gasteiger partial charge in [-0.25, -0.2) is 4.79 Å². The molecule has 0 bridgehead atoms. The predicted molar refractivity (Wildman–Crippen MR) is 93.3 cm³/mol. The zero-order valence-corrected chi connectivity index (χ0v) is 14.3. The summed E-state index contributed by atoms with van der Waals surface area (Å²) in [6.45, 7) is -0.380. The van der Waals surface area contributed by atoms with Crippen molar-refractivity contribution in [1.29, 1.82) is 0 Å². The topological polar surface area (TPSA) is 66.8 Å². The average molecular weight is 345 g/mol. The molecular weight excluding hydrogens is 326 g/mol. The predicted octanol–water partition coefficient (Wildman–Crippen LogP) is 3.37. The quantitative estimate of drug-likeness (QED) is 0.902. The number of nitrogens with zero attached hydrogens (tertiary/aromatic N) is 1. The largest absolute Gasteiger partial charge is 0.482 e. The molecule has 0 spiro atoms. The Morgan fingerprint density at radius 1 is 1.21 bits per heavy atom. The van der Waals surface area contributed by atoms with Gasteiger partial charge in [0.05, 0.1) is 4.88 Å². The minimum Gasteiger partial charge on any atom is -0.482 e. The van der Waals surface area contributed by atoms with E-state index in [4.69, 9.17) is 9.84 Å². The van der Waals surface area contributed by atoms with E-state index in [0.29, 0.717) is 5.75 Å². The molecule has 1 amide bonds. The molecule has 1 aromatic heterocycles. The number of carboxylic acids is 1. The minimum atomic E-state index is -1.02. The number of aryl methyl sites for hydroxylation is 2. The van der Waals surface area contributed by atoms with E-state index in [1.165, 1.54) is 23.3 Å². The lowest BCUT2D eigenvalue weighted by Gasteiger charge is -2.16. The summed E-state index contributed by atoms with van der Waals surface area (Å²) in [7, 11) is 1.74. The van der Waals surface area contributed by atoms with Crippen LogP contribution in [-0.4, -0.2) is 30.6 Å². The van der Waals surface area contributed by atoms with E-state index in [2.05, 4.69) is 0 Å². The number of hydrogen-bond acceptors (Lipinski definition) is 4. The zero-order valence-electron chi connectivity index (χ0n) is 13.4. The van der Waals surface area contributed by atoms with Gasteiger partial charge in [-0.2, -0.15) is 0 Å². The van der Waals surface area contributed by atoms with Gasteiger partial charge in [0.2, 0.25) is 0 Å². The summed E-state index contributed by atoms with van der Waals surface area (Å²) in [5.41, 5.74) is 2.06. The SMILES string of the molecule is CN(C(=O)c1cc2c(s1)CCCC2)c1ccc(OCC(=O)O)cc1. The third-order valence-corrected chi connectivity index (χ3v) is 5.32. The maximum atomic E-state index is 12.7. The lowest BCUT2D eigenvalue weighted by atomic mass is 9.99. The number of anilines is 1.